The zero-order chi connectivity index (χ0) is 18.4. The van der Waals surface area contributed by atoms with Gasteiger partial charge in [0.05, 0.1) is 18.9 Å². The van der Waals surface area contributed by atoms with Crippen LogP contribution in [0.25, 0.3) is 6.08 Å². The zero-order valence-electron chi connectivity index (χ0n) is 14.1. The number of halogens is 1. The summed E-state index contributed by atoms with van der Waals surface area (Å²) < 4.78 is 6.13. The molecular formula is C20H18BrN3O2. The summed E-state index contributed by atoms with van der Waals surface area (Å²) in [7, 11) is 0. The maximum absolute atomic E-state index is 12.4. The van der Waals surface area contributed by atoms with Gasteiger partial charge in [0.25, 0.3) is 5.91 Å². The molecule has 1 saturated heterocycles. The summed E-state index contributed by atoms with van der Waals surface area (Å²) in [6, 6.07) is 17.1. The van der Waals surface area contributed by atoms with Crippen LogP contribution in [0.15, 0.2) is 58.6 Å². The van der Waals surface area contributed by atoms with Gasteiger partial charge in [0.1, 0.15) is 11.6 Å². The highest BCUT2D eigenvalue weighted by atomic mass is 79.9. The van der Waals surface area contributed by atoms with E-state index in [1.165, 1.54) is 0 Å². The van der Waals surface area contributed by atoms with Crippen LogP contribution in [0.2, 0.25) is 0 Å². The van der Waals surface area contributed by atoms with Gasteiger partial charge in [0.15, 0.2) is 0 Å². The molecular weight excluding hydrogens is 394 g/mol. The number of hydrogen-bond acceptors (Lipinski definition) is 4. The predicted molar refractivity (Wildman–Crippen MR) is 106 cm³/mol. The van der Waals surface area contributed by atoms with E-state index in [0.29, 0.717) is 5.69 Å². The number of amides is 1. The van der Waals surface area contributed by atoms with Gasteiger partial charge in [0.2, 0.25) is 0 Å². The molecule has 0 spiro atoms. The number of benzene rings is 2. The highest BCUT2D eigenvalue weighted by Crippen LogP contribution is 2.22. The number of morpholine rings is 1. The van der Waals surface area contributed by atoms with Crippen molar-refractivity contribution in [3.05, 3.63) is 64.1 Å². The van der Waals surface area contributed by atoms with Gasteiger partial charge in [0, 0.05) is 23.2 Å². The molecule has 0 unspecified atom stereocenters. The average Bonchev–Trinajstić information content (AvgIpc) is 2.69. The number of rotatable bonds is 4. The fourth-order valence-electron chi connectivity index (χ4n) is 2.67. The first kappa shape index (κ1) is 18.2. The van der Waals surface area contributed by atoms with E-state index in [9.17, 15) is 10.1 Å². The van der Waals surface area contributed by atoms with E-state index in [4.69, 9.17) is 4.74 Å². The Morgan fingerprint density at radius 1 is 1.15 bits per heavy atom. The molecule has 0 aliphatic carbocycles. The highest BCUT2D eigenvalue weighted by Gasteiger charge is 2.12. The Bertz CT molecular complexity index is 850. The van der Waals surface area contributed by atoms with Gasteiger partial charge in [-0.05, 0) is 51.8 Å². The lowest BCUT2D eigenvalue weighted by molar-refractivity contribution is -0.112. The van der Waals surface area contributed by atoms with Gasteiger partial charge in [-0.25, -0.2) is 0 Å². The molecule has 1 aliphatic rings. The molecule has 2 aromatic rings. The fourth-order valence-corrected chi connectivity index (χ4v) is 3.05. The molecule has 0 aromatic heterocycles. The Balaban J connectivity index is 1.73. The van der Waals surface area contributed by atoms with Crippen molar-refractivity contribution in [1.82, 2.24) is 0 Å². The molecule has 1 N–H and O–H groups in total. The van der Waals surface area contributed by atoms with Crippen molar-refractivity contribution >= 4 is 39.3 Å². The fraction of sp³-hybridized carbons (Fsp3) is 0.200. The molecule has 5 nitrogen and oxygen atoms in total. The molecule has 0 atom stereocenters. The van der Waals surface area contributed by atoms with Crippen molar-refractivity contribution in [1.29, 1.82) is 5.26 Å². The molecule has 1 amide bonds. The first-order chi connectivity index (χ1) is 12.7. The van der Waals surface area contributed by atoms with Crippen LogP contribution in [0.4, 0.5) is 11.4 Å². The molecule has 1 heterocycles. The van der Waals surface area contributed by atoms with Crippen LogP contribution < -0.4 is 10.2 Å². The van der Waals surface area contributed by atoms with E-state index < -0.39 is 5.91 Å². The number of nitrogens with one attached hydrogen (secondary N) is 1. The molecule has 0 radical (unpaired) electrons. The molecule has 132 valence electrons. The van der Waals surface area contributed by atoms with Crippen LogP contribution in [0.3, 0.4) is 0 Å². The number of carbonyl (C=O) groups excluding carboxylic acids is 1. The van der Waals surface area contributed by atoms with Crippen LogP contribution in [-0.2, 0) is 9.53 Å². The summed E-state index contributed by atoms with van der Waals surface area (Å²) in [6.07, 6.45) is 1.59. The molecule has 0 saturated carbocycles. The Morgan fingerprint density at radius 3 is 2.50 bits per heavy atom. The quantitative estimate of drug-likeness (QED) is 0.613. The van der Waals surface area contributed by atoms with Crippen LogP contribution in [0.1, 0.15) is 5.56 Å². The third kappa shape index (κ3) is 4.51. The molecule has 6 heteroatoms. The van der Waals surface area contributed by atoms with Crippen molar-refractivity contribution in [3.8, 4) is 6.07 Å². The normalized spacial score (nSPS) is 14.6. The maximum Gasteiger partial charge on any atom is 0.266 e. The Hall–Kier alpha value is -2.62. The average molecular weight is 412 g/mol. The minimum atomic E-state index is -0.434. The molecule has 3 rings (SSSR count). The maximum atomic E-state index is 12.4. The van der Waals surface area contributed by atoms with E-state index in [2.05, 4.69) is 26.1 Å². The van der Waals surface area contributed by atoms with Gasteiger partial charge < -0.3 is 15.0 Å². The number of hydrogen-bond donors (Lipinski definition) is 1. The zero-order valence-corrected chi connectivity index (χ0v) is 15.7. The predicted octanol–water partition coefficient (Wildman–Crippen LogP) is 3.83. The van der Waals surface area contributed by atoms with E-state index in [1.54, 1.807) is 12.1 Å². The van der Waals surface area contributed by atoms with E-state index in [0.717, 1.165) is 42.0 Å². The van der Waals surface area contributed by atoms with Crippen molar-refractivity contribution < 1.29 is 9.53 Å². The van der Waals surface area contributed by atoms with Gasteiger partial charge in [-0.1, -0.05) is 24.3 Å². The van der Waals surface area contributed by atoms with E-state index in [1.807, 2.05) is 48.5 Å². The Kier molecular flexibility index (Phi) is 6.05. The van der Waals surface area contributed by atoms with Gasteiger partial charge in [-0.3, -0.25) is 4.79 Å². The summed E-state index contributed by atoms with van der Waals surface area (Å²) in [4.78, 5) is 14.6. The lowest BCUT2D eigenvalue weighted by Crippen LogP contribution is -2.36. The molecule has 1 aliphatic heterocycles. The minimum absolute atomic E-state index is 0.0554. The minimum Gasteiger partial charge on any atom is -0.378 e. The standard InChI is InChI=1S/C20H18BrN3O2/c21-18-3-1-2-4-19(18)23-20(25)16(14-22)13-15-5-7-17(8-6-15)24-9-11-26-12-10-24/h1-8,13H,9-12H2,(H,23,25)/b16-13+. The van der Waals surface area contributed by atoms with E-state index in [-0.39, 0.29) is 5.57 Å². The summed E-state index contributed by atoms with van der Waals surface area (Å²) >= 11 is 3.38. The Morgan fingerprint density at radius 2 is 1.85 bits per heavy atom. The highest BCUT2D eigenvalue weighted by molar-refractivity contribution is 9.10. The smallest absolute Gasteiger partial charge is 0.266 e. The summed E-state index contributed by atoms with van der Waals surface area (Å²) in [5.74, 6) is -0.434. The van der Waals surface area contributed by atoms with Crippen LogP contribution in [0, 0.1) is 11.3 Å². The van der Waals surface area contributed by atoms with Crippen molar-refractivity contribution in [2.75, 3.05) is 36.5 Å². The van der Waals surface area contributed by atoms with Crippen LogP contribution in [0.5, 0.6) is 0 Å². The van der Waals surface area contributed by atoms with Gasteiger partial charge >= 0.3 is 0 Å². The second kappa shape index (κ2) is 8.65. The third-order valence-corrected chi connectivity index (χ3v) is 4.76. The topological polar surface area (TPSA) is 65.4 Å². The van der Waals surface area contributed by atoms with Crippen molar-refractivity contribution in [2.45, 2.75) is 0 Å². The SMILES string of the molecule is N#C/C(=C\c1ccc(N2CCOCC2)cc1)C(=O)Nc1ccccc1Br. The van der Waals surface area contributed by atoms with Gasteiger partial charge in [-0.2, -0.15) is 5.26 Å². The largest absolute Gasteiger partial charge is 0.378 e. The second-order valence-electron chi connectivity index (χ2n) is 5.79. The number of anilines is 2. The van der Waals surface area contributed by atoms with Crippen LogP contribution >= 0.6 is 15.9 Å². The lowest BCUT2D eigenvalue weighted by Gasteiger charge is -2.28. The third-order valence-electron chi connectivity index (χ3n) is 4.07. The Labute approximate surface area is 161 Å². The monoisotopic (exact) mass is 411 g/mol. The number of carbonyl (C=O) groups is 1. The molecule has 0 bridgehead atoms. The first-order valence-corrected chi connectivity index (χ1v) is 9.07. The molecule has 1 fully saturated rings. The van der Waals surface area contributed by atoms with Crippen molar-refractivity contribution in [2.24, 2.45) is 0 Å². The second-order valence-corrected chi connectivity index (χ2v) is 6.65. The summed E-state index contributed by atoms with van der Waals surface area (Å²) in [5.41, 5.74) is 2.60. The van der Waals surface area contributed by atoms with Crippen LogP contribution in [-0.4, -0.2) is 32.2 Å². The van der Waals surface area contributed by atoms with Gasteiger partial charge in [-0.15, -0.1) is 0 Å². The number of nitrogens with zero attached hydrogens (tertiary/aromatic N) is 2. The van der Waals surface area contributed by atoms with E-state index >= 15 is 0 Å². The number of para-hydroxylation sites is 1. The first-order valence-electron chi connectivity index (χ1n) is 8.28. The molecule has 26 heavy (non-hydrogen) atoms. The number of ether oxygens (including phenoxy) is 1. The summed E-state index contributed by atoms with van der Waals surface area (Å²) in [6.45, 7) is 3.20. The lowest BCUT2D eigenvalue weighted by atomic mass is 10.1. The number of nitriles is 1. The molecule has 2 aromatic carbocycles. The summed E-state index contributed by atoms with van der Waals surface area (Å²) in [5, 5.41) is 12.1. The van der Waals surface area contributed by atoms with Crippen molar-refractivity contribution in [3.63, 3.8) is 0 Å².